The molecule has 4 heteroatoms. The number of unbranched alkanes of at least 4 members (excludes halogenated alkanes) is 1. The Bertz CT molecular complexity index is 714. The van der Waals surface area contributed by atoms with Gasteiger partial charge in [0.1, 0.15) is 6.61 Å². The highest BCUT2D eigenvalue weighted by atomic mass is 16.6. The zero-order valence-electron chi connectivity index (χ0n) is 15.7. The molecule has 26 heavy (non-hydrogen) atoms. The molecule has 4 nitrogen and oxygen atoms in total. The Kier molecular flexibility index (Phi) is 5.94. The Morgan fingerprint density at radius 3 is 2.23 bits per heavy atom. The van der Waals surface area contributed by atoms with Gasteiger partial charge < -0.3 is 15.4 Å². The van der Waals surface area contributed by atoms with Crippen LogP contribution in [0.3, 0.4) is 0 Å². The van der Waals surface area contributed by atoms with E-state index in [-0.39, 0.29) is 18.1 Å². The highest BCUT2D eigenvalue weighted by molar-refractivity contribution is 5.79. The average molecular weight is 352 g/mol. The maximum absolute atomic E-state index is 12.5. The highest BCUT2D eigenvalue weighted by Crippen LogP contribution is 2.44. The van der Waals surface area contributed by atoms with Crippen LogP contribution in [-0.2, 0) is 4.74 Å². The molecule has 2 N–H and O–H groups in total. The Labute approximate surface area is 156 Å². The van der Waals surface area contributed by atoms with Crippen LogP contribution in [0.4, 0.5) is 4.79 Å². The predicted octanol–water partition coefficient (Wildman–Crippen LogP) is 4.38. The van der Waals surface area contributed by atoms with Gasteiger partial charge in [-0.05, 0) is 48.6 Å². The summed E-state index contributed by atoms with van der Waals surface area (Å²) in [5.74, 6) is 0.104. The molecule has 1 atom stereocenters. The van der Waals surface area contributed by atoms with Gasteiger partial charge >= 0.3 is 6.09 Å². The van der Waals surface area contributed by atoms with E-state index in [1.54, 1.807) is 4.90 Å². The van der Waals surface area contributed by atoms with Crippen molar-refractivity contribution in [3.63, 3.8) is 0 Å². The van der Waals surface area contributed by atoms with E-state index < -0.39 is 0 Å². The zero-order chi connectivity index (χ0) is 18.5. The van der Waals surface area contributed by atoms with Gasteiger partial charge in [0.05, 0.1) is 0 Å². The number of carbonyl (C=O) groups is 1. The van der Waals surface area contributed by atoms with Crippen LogP contribution in [0.2, 0.25) is 0 Å². The van der Waals surface area contributed by atoms with Gasteiger partial charge in [0.2, 0.25) is 0 Å². The summed E-state index contributed by atoms with van der Waals surface area (Å²) < 4.78 is 5.69. The number of ether oxygens (including phenoxy) is 1. The molecule has 0 saturated heterocycles. The lowest BCUT2D eigenvalue weighted by Crippen LogP contribution is -2.36. The number of amides is 1. The Balaban J connectivity index is 1.65. The van der Waals surface area contributed by atoms with Crippen molar-refractivity contribution < 1.29 is 9.53 Å². The minimum Gasteiger partial charge on any atom is -0.448 e. The number of carbonyl (C=O) groups excluding carboxylic acids is 1. The standard InChI is InChI=1S/C22H28N2O2/c1-16(9-7-8-14-23)24(2)22(25)26-15-21-19-12-5-3-10-17(19)18-11-4-6-13-20(18)21/h3-6,10-13,16,21H,7-9,14-15,23H2,1-2H3/t16-/m1/s1. The van der Waals surface area contributed by atoms with Crippen molar-refractivity contribution in [3.8, 4) is 11.1 Å². The summed E-state index contributed by atoms with van der Waals surface area (Å²) in [4.78, 5) is 14.2. The summed E-state index contributed by atoms with van der Waals surface area (Å²) in [5, 5.41) is 0. The molecule has 2 aromatic carbocycles. The van der Waals surface area contributed by atoms with Crippen molar-refractivity contribution in [1.82, 2.24) is 4.90 Å². The van der Waals surface area contributed by atoms with Crippen molar-refractivity contribution in [2.75, 3.05) is 20.2 Å². The van der Waals surface area contributed by atoms with Gasteiger partial charge in [-0.3, -0.25) is 0 Å². The molecule has 0 saturated carbocycles. The number of hydrogen-bond acceptors (Lipinski definition) is 3. The number of rotatable bonds is 7. The van der Waals surface area contributed by atoms with Crippen LogP contribution in [0.15, 0.2) is 48.5 Å². The second-order valence-corrected chi connectivity index (χ2v) is 7.05. The maximum atomic E-state index is 12.5. The van der Waals surface area contributed by atoms with Gasteiger partial charge in [-0.1, -0.05) is 55.0 Å². The third kappa shape index (κ3) is 3.75. The van der Waals surface area contributed by atoms with Crippen molar-refractivity contribution in [2.45, 2.75) is 38.1 Å². The molecule has 1 aliphatic carbocycles. The van der Waals surface area contributed by atoms with Crippen molar-refractivity contribution in [3.05, 3.63) is 59.7 Å². The summed E-state index contributed by atoms with van der Waals surface area (Å²) in [6.45, 7) is 3.12. The normalized spacial score (nSPS) is 13.8. The molecule has 0 unspecified atom stereocenters. The molecule has 138 valence electrons. The van der Waals surface area contributed by atoms with E-state index in [2.05, 4.69) is 43.3 Å². The molecule has 3 rings (SSSR count). The van der Waals surface area contributed by atoms with Crippen LogP contribution in [-0.4, -0.2) is 37.2 Å². The molecule has 0 fully saturated rings. The lowest BCUT2D eigenvalue weighted by atomic mass is 9.98. The second kappa shape index (κ2) is 8.37. The third-order valence-corrected chi connectivity index (χ3v) is 5.36. The van der Waals surface area contributed by atoms with Crippen LogP contribution in [0, 0.1) is 0 Å². The van der Waals surface area contributed by atoms with Gasteiger partial charge in [0.25, 0.3) is 0 Å². The summed E-state index contributed by atoms with van der Waals surface area (Å²) >= 11 is 0. The first kappa shape index (κ1) is 18.5. The van der Waals surface area contributed by atoms with E-state index in [4.69, 9.17) is 10.5 Å². The monoisotopic (exact) mass is 352 g/mol. The summed E-state index contributed by atoms with van der Waals surface area (Å²) in [6, 6.07) is 16.9. The summed E-state index contributed by atoms with van der Waals surface area (Å²) in [6.07, 6.45) is 2.70. The number of benzene rings is 2. The molecular weight excluding hydrogens is 324 g/mol. The molecule has 0 spiro atoms. The van der Waals surface area contributed by atoms with Crippen LogP contribution >= 0.6 is 0 Å². The molecule has 0 aliphatic heterocycles. The minimum absolute atomic E-state index is 0.104. The first-order valence-electron chi connectivity index (χ1n) is 9.41. The highest BCUT2D eigenvalue weighted by Gasteiger charge is 2.29. The smallest absolute Gasteiger partial charge is 0.409 e. The topological polar surface area (TPSA) is 55.6 Å². The van der Waals surface area contributed by atoms with E-state index in [1.807, 2.05) is 19.2 Å². The van der Waals surface area contributed by atoms with Gasteiger partial charge in [-0.15, -0.1) is 0 Å². The van der Waals surface area contributed by atoms with E-state index in [9.17, 15) is 4.79 Å². The Hall–Kier alpha value is -2.33. The zero-order valence-corrected chi connectivity index (χ0v) is 15.7. The number of fused-ring (bicyclic) bond motifs is 3. The van der Waals surface area contributed by atoms with Gasteiger partial charge in [0.15, 0.2) is 0 Å². The third-order valence-electron chi connectivity index (χ3n) is 5.36. The van der Waals surface area contributed by atoms with Gasteiger partial charge in [-0.25, -0.2) is 4.79 Å². The first-order valence-corrected chi connectivity index (χ1v) is 9.41. The predicted molar refractivity (Wildman–Crippen MR) is 105 cm³/mol. The van der Waals surface area contributed by atoms with E-state index in [1.165, 1.54) is 22.3 Å². The number of hydrogen-bond donors (Lipinski definition) is 1. The molecule has 0 heterocycles. The SMILES string of the molecule is C[C@H](CCCCN)N(C)C(=O)OCC1c2ccccc2-c2ccccc21. The van der Waals surface area contributed by atoms with Crippen molar-refractivity contribution >= 4 is 6.09 Å². The number of nitrogens with zero attached hydrogens (tertiary/aromatic N) is 1. The van der Waals surface area contributed by atoms with Crippen LogP contribution in [0.25, 0.3) is 11.1 Å². The van der Waals surface area contributed by atoms with Crippen molar-refractivity contribution in [2.24, 2.45) is 5.73 Å². The fourth-order valence-corrected chi connectivity index (χ4v) is 3.65. The second-order valence-electron chi connectivity index (χ2n) is 7.05. The Morgan fingerprint density at radius 2 is 1.65 bits per heavy atom. The molecule has 0 radical (unpaired) electrons. The molecule has 0 bridgehead atoms. The van der Waals surface area contributed by atoms with Crippen LogP contribution in [0.1, 0.15) is 43.2 Å². The lowest BCUT2D eigenvalue weighted by molar-refractivity contribution is 0.0952. The summed E-state index contributed by atoms with van der Waals surface area (Å²) in [7, 11) is 1.81. The molecule has 1 aliphatic rings. The van der Waals surface area contributed by atoms with E-state index in [0.717, 1.165) is 19.3 Å². The van der Waals surface area contributed by atoms with Crippen LogP contribution < -0.4 is 5.73 Å². The van der Waals surface area contributed by atoms with Gasteiger partial charge in [-0.2, -0.15) is 0 Å². The Morgan fingerprint density at radius 1 is 1.08 bits per heavy atom. The van der Waals surface area contributed by atoms with Crippen molar-refractivity contribution in [1.29, 1.82) is 0 Å². The first-order chi connectivity index (χ1) is 12.6. The average Bonchev–Trinajstić information content (AvgIpc) is 2.99. The number of nitrogens with two attached hydrogens (primary N) is 1. The molecule has 1 amide bonds. The maximum Gasteiger partial charge on any atom is 0.409 e. The van der Waals surface area contributed by atoms with Crippen LogP contribution in [0.5, 0.6) is 0 Å². The molecular formula is C22H28N2O2. The molecule has 0 aromatic heterocycles. The fourth-order valence-electron chi connectivity index (χ4n) is 3.65. The van der Waals surface area contributed by atoms with E-state index in [0.29, 0.717) is 13.2 Å². The quantitative estimate of drug-likeness (QED) is 0.752. The largest absolute Gasteiger partial charge is 0.448 e. The van der Waals surface area contributed by atoms with Gasteiger partial charge in [0, 0.05) is 19.0 Å². The molecule has 2 aromatic rings. The van der Waals surface area contributed by atoms with E-state index >= 15 is 0 Å². The summed E-state index contributed by atoms with van der Waals surface area (Å²) in [5.41, 5.74) is 10.5. The fraction of sp³-hybridized carbons (Fsp3) is 0.409. The lowest BCUT2D eigenvalue weighted by Gasteiger charge is -2.25. The minimum atomic E-state index is -0.257.